The van der Waals surface area contributed by atoms with Crippen LogP contribution in [-0.2, 0) is 4.79 Å². The quantitative estimate of drug-likeness (QED) is 0.857. The van der Waals surface area contributed by atoms with Gasteiger partial charge in [-0.15, -0.1) is 11.6 Å². The molecule has 1 fully saturated rings. The molecule has 4 heteroatoms. The lowest BCUT2D eigenvalue weighted by Gasteiger charge is -2.30. The molecule has 1 aliphatic rings. The maximum atomic E-state index is 12.2. The first-order valence-electron chi connectivity index (χ1n) is 7.27. The summed E-state index contributed by atoms with van der Waals surface area (Å²) < 4.78 is 0. The number of rotatable bonds is 4. The molecule has 1 saturated carbocycles. The first-order chi connectivity index (χ1) is 9.61. The minimum absolute atomic E-state index is 0.00691. The van der Waals surface area contributed by atoms with Gasteiger partial charge in [0.2, 0.25) is 5.91 Å². The Bertz CT molecular complexity index is 470. The number of hydrogen-bond donors (Lipinski definition) is 1. The second kappa shape index (κ2) is 6.98. The van der Waals surface area contributed by atoms with E-state index >= 15 is 0 Å². The average molecular weight is 296 g/mol. The first kappa shape index (κ1) is 15.2. The number of aryl methyl sites for hydroxylation is 1. The summed E-state index contributed by atoms with van der Waals surface area (Å²) >= 11 is 5.76. The van der Waals surface area contributed by atoms with Crippen LogP contribution in [0.4, 0.5) is 5.69 Å². The highest BCUT2D eigenvalue weighted by atomic mass is 35.5. The van der Waals surface area contributed by atoms with E-state index in [-0.39, 0.29) is 17.5 Å². The number of anilines is 1. The standard InChI is InChI=1S/C16H22ClNO2/c1-12-9-14(19)7-8-15(12)18(16(20)10-17)11-13-5-3-2-4-6-13/h7-9,13,19H,2-6,10-11H2,1H3. The molecule has 1 aromatic carbocycles. The number of carbonyl (C=O) groups excluding carboxylic acids is 1. The van der Waals surface area contributed by atoms with Crippen LogP contribution in [0.3, 0.4) is 0 Å². The third-order valence-corrected chi connectivity index (χ3v) is 4.28. The summed E-state index contributed by atoms with van der Waals surface area (Å²) in [5.41, 5.74) is 1.76. The van der Waals surface area contributed by atoms with Crippen LogP contribution in [0.2, 0.25) is 0 Å². The molecular weight excluding hydrogens is 274 g/mol. The molecule has 0 aromatic heterocycles. The summed E-state index contributed by atoms with van der Waals surface area (Å²) in [5, 5.41) is 9.51. The van der Waals surface area contributed by atoms with Gasteiger partial charge in [-0.25, -0.2) is 0 Å². The van der Waals surface area contributed by atoms with Gasteiger partial charge in [0.25, 0.3) is 0 Å². The molecule has 0 spiro atoms. The predicted molar refractivity (Wildman–Crippen MR) is 82.5 cm³/mol. The first-order valence-corrected chi connectivity index (χ1v) is 7.81. The molecule has 1 N–H and O–H groups in total. The Labute approximate surface area is 125 Å². The summed E-state index contributed by atoms with van der Waals surface area (Å²) in [7, 11) is 0. The van der Waals surface area contributed by atoms with E-state index in [2.05, 4.69) is 0 Å². The fourth-order valence-electron chi connectivity index (χ4n) is 2.98. The molecule has 0 aliphatic heterocycles. The highest BCUT2D eigenvalue weighted by molar-refractivity contribution is 6.29. The van der Waals surface area contributed by atoms with E-state index in [0.717, 1.165) is 17.8 Å². The van der Waals surface area contributed by atoms with Crippen molar-refractivity contribution >= 4 is 23.2 Å². The smallest absolute Gasteiger partial charge is 0.241 e. The highest BCUT2D eigenvalue weighted by Crippen LogP contribution is 2.29. The molecule has 3 nitrogen and oxygen atoms in total. The summed E-state index contributed by atoms with van der Waals surface area (Å²) in [5.74, 6) is 0.713. The van der Waals surface area contributed by atoms with E-state index < -0.39 is 0 Å². The summed E-state index contributed by atoms with van der Waals surface area (Å²) in [6.07, 6.45) is 6.18. The number of phenols is 1. The van der Waals surface area contributed by atoms with Crippen molar-refractivity contribution in [3.8, 4) is 5.75 Å². The molecule has 1 aliphatic carbocycles. The zero-order valence-electron chi connectivity index (χ0n) is 11.9. The molecule has 1 amide bonds. The molecule has 0 unspecified atom stereocenters. The van der Waals surface area contributed by atoms with Crippen LogP contribution in [0.1, 0.15) is 37.7 Å². The van der Waals surface area contributed by atoms with Crippen LogP contribution in [0.25, 0.3) is 0 Å². The summed E-state index contributed by atoms with van der Waals surface area (Å²) in [6.45, 7) is 2.64. The lowest BCUT2D eigenvalue weighted by molar-refractivity contribution is -0.116. The van der Waals surface area contributed by atoms with E-state index in [4.69, 9.17) is 11.6 Å². The fraction of sp³-hybridized carbons (Fsp3) is 0.562. The van der Waals surface area contributed by atoms with Crippen LogP contribution in [0, 0.1) is 12.8 Å². The van der Waals surface area contributed by atoms with Gasteiger partial charge in [-0.1, -0.05) is 19.3 Å². The van der Waals surface area contributed by atoms with Crippen molar-refractivity contribution in [2.45, 2.75) is 39.0 Å². The fourth-order valence-corrected chi connectivity index (χ4v) is 3.12. The molecule has 20 heavy (non-hydrogen) atoms. The number of amides is 1. The van der Waals surface area contributed by atoms with Crippen LogP contribution < -0.4 is 4.90 Å². The lowest BCUT2D eigenvalue weighted by Crippen LogP contribution is -2.37. The largest absolute Gasteiger partial charge is 0.508 e. The van der Waals surface area contributed by atoms with E-state index in [9.17, 15) is 9.90 Å². The molecule has 0 heterocycles. The minimum Gasteiger partial charge on any atom is -0.508 e. The van der Waals surface area contributed by atoms with Gasteiger partial charge in [0, 0.05) is 12.2 Å². The Kier molecular flexibility index (Phi) is 5.30. The van der Waals surface area contributed by atoms with Gasteiger partial charge in [-0.2, -0.15) is 0 Å². The van der Waals surface area contributed by atoms with Crippen LogP contribution in [0.15, 0.2) is 18.2 Å². The maximum absolute atomic E-state index is 12.2. The van der Waals surface area contributed by atoms with Gasteiger partial charge in [-0.05, 0) is 49.4 Å². The Balaban J connectivity index is 2.20. The van der Waals surface area contributed by atoms with Gasteiger partial charge in [-0.3, -0.25) is 4.79 Å². The summed E-state index contributed by atoms with van der Waals surface area (Å²) in [4.78, 5) is 13.9. The zero-order valence-corrected chi connectivity index (χ0v) is 12.7. The molecule has 2 rings (SSSR count). The van der Waals surface area contributed by atoms with Gasteiger partial charge in [0.15, 0.2) is 0 Å². The van der Waals surface area contributed by atoms with E-state index in [0.29, 0.717) is 5.92 Å². The van der Waals surface area contributed by atoms with Gasteiger partial charge in [0.1, 0.15) is 11.6 Å². The number of aromatic hydroxyl groups is 1. The zero-order chi connectivity index (χ0) is 14.5. The molecule has 110 valence electrons. The number of nitrogens with zero attached hydrogens (tertiary/aromatic N) is 1. The number of halogens is 1. The van der Waals surface area contributed by atoms with Crippen LogP contribution >= 0.6 is 11.6 Å². The molecule has 0 saturated heterocycles. The Morgan fingerprint density at radius 2 is 2.05 bits per heavy atom. The highest BCUT2D eigenvalue weighted by Gasteiger charge is 2.22. The van der Waals surface area contributed by atoms with Gasteiger partial charge in [0.05, 0.1) is 0 Å². The maximum Gasteiger partial charge on any atom is 0.241 e. The van der Waals surface area contributed by atoms with E-state index in [1.165, 1.54) is 32.1 Å². The van der Waals surface area contributed by atoms with E-state index in [1.807, 2.05) is 6.92 Å². The van der Waals surface area contributed by atoms with Crippen molar-refractivity contribution in [1.29, 1.82) is 0 Å². The van der Waals surface area contributed by atoms with Crippen molar-refractivity contribution in [2.75, 3.05) is 17.3 Å². The molecule has 0 atom stereocenters. The number of benzene rings is 1. The molecular formula is C16H22ClNO2. The van der Waals surface area contributed by atoms with Crippen molar-refractivity contribution in [3.63, 3.8) is 0 Å². The normalized spacial score (nSPS) is 16.1. The topological polar surface area (TPSA) is 40.5 Å². The second-order valence-corrected chi connectivity index (χ2v) is 5.88. The lowest BCUT2D eigenvalue weighted by atomic mass is 9.88. The number of hydrogen-bond acceptors (Lipinski definition) is 2. The van der Waals surface area contributed by atoms with Gasteiger partial charge >= 0.3 is 0 Å². The molecule has 0 bridgehead atoms. The Morgan fingerprint density at radius 1 is 1.35 bits per heavy atom. The average Bonchev–Trinajstić information content (AvgIpc) is 2.46. The monoisotopic (exact) mass is 295 g/mol. The Hall–Kier alpha value is -1.22. The third kappa shape index (κ3) is 3.66. The third-order valence-electron chi connectivity index (χ3n) is 4.05. The van der Waals surface area contributed by atoms with Crippen molar-refractivity contribution < 1.29 is 9.90 Å². The number of carbonyl (C=O) groups is 1. The minimum atomic E-state index is -0.0639. The molecule has 1 aromatic rings. The Morgan fingerprint density at radius 3 is 2.65 bits per heavy atom. The predicted octanol–water partition coefficient (Wildman–Crippen LogP) is 3.85. The SMILES string of the molecule is Cc1cc(O)ccc1N(CC1CCCCC1)C(=O)CCl. The van der Waals surface area contributed by atoms with E-state index in [1.54, 1.807) is 23.1 Å². The number of phenolic OH excluding ortho intramolecular Hbond substituents is 1. The number of alkyl halides is 1. The molecule has 0 radical (unpaired) electrons. The van der Waals surface area contributed by atoms with Crippen molar-refractivity contribution in [2.24, 2.45) is 5.92 Å². The van der Waals surface area contributed by atoms with Crippen molar-refractivity contribution in [3.05, 3.63) is 23.8 Å². The van der Waals surface area contributed by atoms with Gasteiger partial charge < -0.3 is 10.0 Å². The summed E-state index contributed by atoms with van der Waals surface area (Å²) in [6, 6.07) is 5.11. The second-order valence-electron chi connectivity index (χ2n) is 5.61. The van der Waals surface area contributed by atoms with Crippen LogP contribution in [-0.4, -0.2) is 23.4 Å². The van der Waals surface area contributed by atoms with Crippen molar-refractivity contribution in [1.82, 2.24) is 0 Å². The van der Waals surface area contributed by atoms with Crippen LogP contribution in [0.5, 0.6) is 5.75 Å².